The van der Waals surface area contributed by atoms with Gasteiger partial charge in [-0.2, -0.15) is 4.98 Å². The summed E-state index contributed by atoms with van der Waals surface area (Å²) >= 11 is 3.51. The lowest BCUT2D eigenvalue weighted by atomic mass is 10.1. The lowest BCUT2D eigenvalue weighted by molar-refractivity contribution is 0.239. The van der Waals surface area contributed by atoms with Crippen LogP contribution in [0.25, 0.3) is 0 Å². The monoisotopic (exact) mass is 353 g/mol. The zero-order valence-electron chi connectivity index (χ0n) is 12.3. The van der Waals surface area contributed by atoms with Crippen LogP contribution >= 0.6 is 15.9 Å². The number of benzene rings is 1. The molecule has 5 nitrogen and oxygen atoms in total. The first-order chi connectivity index (χ1) is 10.1. The summed E-state index contributed by atoms with van der Waals surface area (Å²) in [5.74, 6) is 1.99. The van der Waals surface area contributed by atoms with Crippen LogP contribution < -0.4 is 10.5 Å². The Morgan fingerprint density at radius 1 is 1.43 bits per heavy atom. The summed E-state index contributed by atoms with van der Waals surface area (Å²) in [6.45, 7) is 4.30. The largest absolute Gasteiger partial charge is 0.482 e. The number of aromatic nitrogens is 2. The Kier molecular flexibility index (Phi) is 5.76. The van der Waals surface area contributed by atoms with Crippen LogP contribution in [0.4, 0.5) is 0 Å². The van der Waals surface area contributed by atoms with Crippen molar-refractivity contribution in [3.63, 3.8) is 0 Å². The molecule has 0 fully saturated rings. The second-order valence-corrected chi connectivity index (χ2v) is 5.91. The van der Waals surface area contributed by atoms with Gasteiger partial charge in [-0.1, -0.05) is 24.2 Å². The fraction of sp³-hybridized carbons (Fsp3) is 0.467. The van der Waals surface area contributed by atoms with Gasteiger partial charge in [0.05, 0.1) is 4.47 Å². The molecule has 2 rings (SSSR count). The van der Waals surface area contributed by atoms with E-state index in [1.165, 1.54) is 0 Å². The van der Waals surface area contributed by atoms with Crippen LogP contribution in [0.2, 0.25) is 0 Å². The van der Waals surface area contributed by atoms with Crippen molar-refractivity contribution in [2.75, 3.05) is 0 Å². The van der Waals surface area contributed by atoms with Gasteiger partial charge in [-0.05, 0) is 47.3 Å². The smallest absolute Gasteiger partial charge is 0.264 e. The summed E-state index contributed by atoms with van der Waals surface area (Å²) in [4.78, 5) is 4.29. The molecule has 0 aliphatic carbocycles. The first-order valence-electron chi connectivity index (χ1n) is 7.07. The lowest BCUT2D eigenvalue weighted by Gasteiger charge is -2.13. The molecule has 114 valence electrons. The van der Waals surface area contributed by atoms with Crippen molar-refractivity contribution in [3.05, 3.63) is 40.0 Å². The van der Waals surface area contributed by atoms with Crippen LogP contribution in [0.3, 0.4) is 0 Å². The molecule has 0 radical (unpaired) electrons. The summed E-state index contributed by atoms with van der Waals surface area (Å²) in [5, 5.41) is 3.91. The Hall–Kier alpha value is -1.40. The first kappa shape index (κ1) is 16.0. The van der Waals surface area contributed by atoms with Gasteiger partial charge in [0.2, 0.25) is 0 Å². The molecule has 0 aliphatic heterocycles. The highest BCUT2D eigenvalue weighted by Crippen LogP contribution is 2.30. The SMILES string of the molecule is CCCc1noc(COc2c(Br)cccc2CC(C)N)n1. The maximum absolute atomic E-state index is 5.88. The minimum Gasteiger partial charge on any atom is -0.482 e. The molecule has 0 bridgehead atoms. The van der Waals surface area contributed by atoms with Crippen molar-refractivity contribution in [3.8, 4) is 5.75 Å². The third kappa shape index (κ3) is 4.54. The summed E-state index contributed by atoms with van der Waals surface area (Å²) in [6.07, 6.45) is 2.55. The molecule has 1 unspecified atom stereocenters. The number of hydrogen-bond acceptors (Lipinski definition) is 5. The average molecular weight is 354 g/mol. The van der Waals surface area contributed by atoms with Gasteiger partial charge in [-0.15, -0.1) is 0 Å². The fourth-order valence-corrected chi connectivity index (χ4v) is 2.55. The van der Waals surface area contributed by atoms with E-state index in [-0.39, 0.29) is 12.6 Å². The van der Waals surface area contributed by atoms with Crippen molar-refractivity contribution in [2.45, 2.75) is 45.8 Å². The second-order valence-electron chi connectivity index (χ2n) is 5.05. The maximum Gasteiger partial charge on any atom is 0.264 e. The van der Waals surface area contributed by atoms with Gasteiger partial charge in [-0.25, -0.2) is 0 Å². The molecule has 2 aromatic rings. The Bertz CT molecular complexity index is 584. The van der Waals surface area contributed by atoms with Gasteiger partial charge in [0, 0.05) is 12.5 Å². The minimum atomic E-state index is 0.0706. The molecule has 0 spiro atoms. The molecule has 1 heterocycles. The molecule has 1 aromatic carbocycles. The van der Waals surface area contributed by atoms with Crippen LogP contribution in [0, 0.1) is 0 Å². The maximum atomic E-state index is 5.88. The van der Waals surface area contributed by atoms with E-state index in [9.17, 15) is 0 Å². The molecule has 1 atom stereocenters. The quantitative estimate of drug-likeness (QED) is 0.826. The van der Waals surface area contributed by atoms with E-state index < -0.39 is 0 Å². The van der Waals surface area contributed by atoms with Crippen LogP contribution in [0.1, 0.15) is 37.5 Å². The summed E-state index contributed by atoms with van der Waals surface area (Å²) < 4.78 is 11.9. The van der Waals surface area contributed by atoms with Gasteiger partial charge in [-0.3, -0.25) is 0 Å². The molecule has 0 saturated heterocycles. The molecule has 0 amide bonds. The van der Waals surface area contributed by atoms with E-state index in [1.54, 1.807) is 0 Å². The summed E-state index contributed by atoms with van der Waals surface area (Å²) in [5.41, 5.74) is 6.94. The fourth-order valence-electron chi connectivity index (χ4n) is 2.03. The minimum absolute atomic E-state index is 0.0706. The zero-order chi connectivity index (χ0) is 15.2. The predicted molar refractivity (Wildman–Crippen MR) is 84.1 cm³/mol. The van der Waals surface area contributed by atoms with Crippen LogP contribution in [0.5, 0.6) is 5.75 Å². The van der Waals surface area contributed by atoms with E-state index in [1.807, 2.05) is 25.1 Å². The third-order valence-corrected chi connectivity index (χ3v) is 3.54. The van der Waals surface area contributed by atoms with Crippen molar-refractivity contribution in [1.82, 2.24) is 10.1 Å². The average Bonchev–Trinajstić information content (AvgIpc) is 2.86. The topological polar surface area (TPSA) is 74.2 Å². The molecule has 0 aliphatic rings. The van der Waals surface area contributed by atoms with E-state index in [0.29, 0.717) is 5.89 Å². The molecular weight excluding hydrogens is 334 g/mol. The highest BCUT2D eigenvalue weighted by atomic mass is 79.9. The van der Waals surface area contributed by atoms with Gasteiger partial charge >= 0.3 is 0 Å². The van der Waals surface area contributed by atoms with Crippen LogP contribution in [-0.2, 0) is 19.4 Å². The number of nitrogens with two attached hydrogens (primary N) is 1. The number of rotatable bonds is 7. The summed E-state index contributed by atoms with van der Waals surface area (Å²) in [7, 11) is 0. The molecular formula is C15H20BrN3O2. The van der Waals surface area contributed by atoms with E-state index >= 15 is 0 Å². The van der Waals surface area contributed by atoms with Crippen LogP contribution in [-0.4, -0.2) is 16.2 Å². The lowest BCUT2D eigenvalue weighted by Crippen LogP contribution is -2.18. The Morgan fingerprint density at radius 3 is 2.95 bits per heavy atom. The molecule has 21 heavy (non-hydrogen) atoms. The van der Waals surface area contributed by atoms with E-state index in [0.717, 1.165) is 40.9 Å². The highest BCUT2D eigenvalue weighted by molar-refractivity contribution is 9.10. The van der Waals surface area contributed by atoms with E-state index in [4.69, 9.17) is 15.0 Å². The normalized spacial score (nSPS) is 12.4. The number of halogens is 1. The third-order valence-electron chi connectivity index (χ3n) is 2.91. The van der Waals surface area contributed by atoms with Crippen LogP contribution in [0.15, 0.2) is 27.2 Å². The van der Waals surface area contributed by atoms with Gasteiger partial charge in [0.1, 0.15) is 5.75 Å². The molecule has 1 aromatic heterocycles. The Morgan fingerprint density at radius 2 is 2.24 bits per heavy atom. The second kappa shape index (κ2) is 7.56. The first-order valence-corrected chi connectivity index (χ1v) is 7.86. The number of para-hydroxylation sites is 1. The molecule has 2 N–H and O–H groups in total. The van der Waals surface area contributed by atoms with Gasteiger partial charge in [0.15, 0.2) is 12.4 Å². The Labute approximate surface area is 133 Å². The number of hydrogen-bond donors (Lipinski definition) is 1. The predicted octanol–water partition coefficient (Wildman–Crippen LogP) is 3.25. The number of aryl methyl sites for hydroxylation is 1. The highest BCUT2D eigenvalue weighted by Gasteiger charge is 2.12. The van der Waals surface area contributed by atoms with Gasteiger partial charge < -0.3 is 15.0 Å². The molecule has 0 saturated carbocycles. The summed E-state index contributed by atoms with van der Waals surface area (Å²) in [6, 6.07) is 6.00. The van der Waals surface area contributed by atoms with Crippen molar-refractivity contribution in [1.29, 1.82) is 0 Å². The van der Waals surface area contributed by atoms with Crippen molar-refractivity contribution < 1.29 is 9.26 Å². The standard InChI is InChI=1S/C15H20BrN3O2/c1-3-5-13-18-14(21-19-13)9-20-15-11(8-10(2)17)6-4-7-12(15)16/h4,6-7,10H,3,5,8-9,17H2,1-2H3. The van der Waals surface area contributed by atoms with Crippen molar-refractivity contribution in [2.24, 2.45) is 5.73 Å². The Balaban J connectivity index is 2.07. The van der Waals surface area contributed by atoms with E-state index in [2.05, 4.69) is 33.0 Å². The number of nitrogens with zero attached hydrogens (tertiary/aromatic N) is 2. The number of ether oxygens (including phenoxy) is 1. The molecule has 6 heteroatoms. The van der Waals surface area contributed by atoms with Gasteiger partial charge in [0.25, 0.3) is 5.89 Å². The van der Waals surface area contributed by atoms with Crippen molar-refractivity contribution >= 4 is 15.9 Å². The zero-order valence-corrected chi connectivity index (χ0v) is 13.9.